The van der Waals surface area contributed by atoms with Crippen molar-refractivity contribution in [1.29, 1.82) is 0 Å². The maximum Gasteiger partial charge on any atom is 0.226 e. The van der Waals surface area contributed by atoms with Crippen molar-refractivity contribution in [2.24, 2.45) is 5.92 Å². The topological polar surface area (TPSA) is 40.5 Å². The van der Waals surface area contributed by atoms with Crippen molar-refractivity contribution >= 4 is 5.91 Å². The summed E-state index contributed by atoms with van der Waals surface area (Å²) in [5.41, 5.74) is 0. The lowest BCUT2D eigenvalue weighted by molar-refractivity contribution is -0.143. The molecule has 80 valence electrons. The molecule has 0 spiro atoms. The van der Waals surface area contributed by atoms with Crippen LogP contribution < -0.4 is 0 Å². The van der Waals surface area contributed by atoms with Gasteiger partial charge in [-0.15, -0.1) is 0 Å². The third-order valence-corrected chi connectivity index (χ3v) is 3.59. The molecule has 2 saturated carbocycles. The molecular weight excluding hydrogens is 178 g/mol. The summed E-state index contributed by atoms with van der Waals surface area (Å²) in [6.45, 7) is 0.648. The minimum Gasteiger partial charge on any atom is -0.395 e. The third-order valence-electron chi connectivity index (χ3n) is 3.59. The Kier molecular flexibility index (Phi) is 3.06. The summed E-state index contributed by atoms with van der Waals surface area (Å²) in [5, 5.41) is 8.93. The van der Waals surface area contributed by atoms with Crippen LogP contribution in [0.3, 0.4) is 0 Å². The van der Waals surface area contributed by atoms with Crippen LogP contribution >= 0.6 is 0 Å². The molecule has 0 unspecified atom stereocenters. The van der Waals surface area contributed by atoms with E-state index in [2.05, 4.69) is 0 Å². The molecule has 2 aliphatic carbocycles. The second-order valence-corrected chi connectivity index (χ2v) is 4.47. The number of amides is 1. The molecule has 1 amide bonds. The zero-order chi connectivity index (χ0) is 9.97. The molecule has 2 aliphatic rings. The van der Waals surface area contributed by atoms with Crippen molar-refractivity contribution < 1.29 is 9.90 Å². The van der Waals surface area contributed by atoms with Crippen molar-refractivity contribution in [1.82, 2.24) is 4.90 Å². The van der Waals surface area contributed by atoms with Crippen LogP contribution in [0, 0.1) is 5.92 Å². The number of carbonyl (C=O) groups is 1. The lowest BCUT2D eigenvalue weighted by Crippen LogP contribution is -2.49. The van der Waals surface area contributed by atoms with Crippen LogP contribution in [-0.2, 0) is 4.79 Å². The molecule has 2 fully saturated rings. The largest absolute Gasteiger partial charge is 0.395 e. The van der Waals surface area contributed by atoms with E-state index in [0.29, 0.717) is 18.5 Å². The van der Waals surface area contributed by atoms with Crippen LogP contribution in [0.4, 0.5) is 0 Å². The van der Waals surface area contributed by atoms with Gasteiger partial charge in [0.2, 0.25) is 5.91 Å². The van der Waals surface area contributed by atoms with Gasteiger partial charge in [-0.2, -0.15) is 0 Å². The average Bonchev–Trinajstić information content (AvgIpc) is 1.96. The van der Waals surface area contributed by atoms with Gasteiger partial charge in [-0.1, -0.05) is 6.42 Å². The van der Waals surface area contributed by atoms with E-state index >= 15 is 0 Å². The summed E-state index contributed by atoms with van der Waals surface area (Å²) in [7, 11) is 0. The van der Waals surface area contributed by atoms with Gasteiger partial charge in [0.1, 0.15) is 0 Å². The Balaban J connectivity index is 1.90. The van der Waals surface area contributed by atoms with E-state index in [9.17, 15) is 4.79 Å². The van der Waals surface area contributed by atoms with Crippen LogP contribution in [0.2, 0.25) is 0 Å². The molecule has 3 heteroatoms. The highest BCUT2D eigenvalue weighted by molar-refractivity contribution is 5.80. The van der Waals surface area contributed by atoms with Gasteiger partial charge in [0.25, 0.3) is 0 Å². The van der Waals surface area contributed by atoms with Gasteiger partial charge in [0.15, 0.2) is 0 Å². The molecule has 0 aromatic rings. The fourth-order valence-corrected chi connectivity index (χ4v) is 2.17. The van der Waals surface area contributed by atoms with Crippen molar-refractivity contribution in [2.45, 2.75) is 44.6 Å². The van der Waals surface area contributed by atoms with Gasteiger partial charge in [-0.3, -0.25) is 4.79 Å². The Bertz CT molecular complexity index is 209. The lowest BCUT2D eigenvalue weighted by Gasteiger charge is -2.40. The van der Waals surface area contributed by atoms with E-state index in [4.69, 9.17) is 5.11 Å². The molecule has 0 heterocycles. The Morgan fingerprint density at radius 1 is 1.21 bits per heavy atom. The van der Waals surface area contributed by atoms with Crippen LogP contribution in [-0.4, -0.2) is 35.1 Å². The minimum absolute atomic E-state index is 0.106. The first-order valence-electron chi connectivity index (χ1n) is 5.74. The van der Waals surface area contributed by atoms with Crippen molar-refractivity contribution in [3.63, 3.8) is 0 Å². The molecule has 3 nitrogen and oxygen atoms in total. The van der Waals surface area contributed by atoms with Gasteiger partial charge in [-0.25, -0.2) is 0 Å². The van der Waals surface area contributed by atoms with Crippen LogP contribution in [0.15, 0.2) is 0 Å². The second kappa shape index (κ2) is 4.30. The summed E-state index contributed by atoms with van der Waals surface area (Å²) >= 11 is 0. The van der Waals surface area contributed by atoms with Crippen LogP contribution in [0.25, 0.3) is 0 Å². The maximum atomic E-state index is 12.0. The monoisotopic (exact) mass is 197 g/mol. The van der Waals surface area contributed by atoms with Gasteiger partial charge in [0, 0.05) is 18.5 Å². The predicted molar refractivity (Wildman–Crippen MR) is 53.8 cm³/mol. The van der Waals surface area contributed by atoms with Crippen molar-refractivity contribution in [3.8, 4) is 0 Å². The van der Waals surface area contributed by atoms with Gasteiger partial charge in [0.05, 0.1) is 6.61 Å². The lowest BCUT2D eigenvalue weighted by atomic mass is 9.82. The smallest absolute Gasteiger partial charge is 0.226 e. The Morgan fingerprint density at radius 3 is 2.21 bits per heavy atom. The Hall–Kier alpha value is -0.570. The molecule has 2 rings (SSSR count). The summed E-state index contributed by atoms with van der Waals surface area (Å²) in [4.78, 5) is 13.9. The summed E-state index contributed by atoms with van der Waals surface area (Å²) in [5.74, 6) is 0.581. The number of hydrogen-bond acceptors (Lipinski definition) is 2. The molecule has 0 aromatic carbocycles. The molecule has 1 N–H and O–H groups in total. The maximum absolute atomic E-state index is 12.0. The number of rotatable bonds is 4. The van der Waals surface area contributed by atoms with E-state index < -0.39 is 0 Å². The molecule has 14 heavy (non-hydrogen) atoms. The highest BCUT2D eigenvalue weighted by Crippen LogP contribution is 2.32. The van der Waals surface area contributed by atoms with E-state index in [1.54, 1.807) is 0 Å². The Morgan fingerprint density at radius 2 is 1.86 bits per heavy atom. The van der Waals surface area contributed by atoms with Gasteiger partial charge in [-0.05, 0) is 32.1 Å². The van der Waals surface area contributed by atoms with Gasteiger partial charge < -0.3 is 10.0 Å². The molecule has 0 aliphatic heterocycles. The highest BCUT2D eigenvalue weighted by atomic mass is 16.3. The van der Waals surface area contributed by atoms with E-state index in [0.717, 1.165) is 25.7 Å². The first-order valence-corrected chi connectivity index (χ1v) is 5.74. The fourth-order valence-electron chi connectivity index (χ4n) is 2.17. The first kappa shape index (κ1) is 9.97. The number of aliphatic hydroxyl groups is 1. The highest BCUT2D eigenvalue weighted by Gasteiger charge is 2.34. The molecule has 0 atom stereocenters. The second-order valence-electron chi connectivity index (χ2n) is 4.47. The molecule has 0 aromatic heterocycles. The van der Waals surface area contributed by atoms with Crippen LogP contribution in [0.5, 0.6) is 0 Å². The summed E-state index contributed by atoms with van der Waals surface area (Å²) in [6.07, 6.45) is 6.84. The van der Waals surface area contributed by atoms with Crippen molar-refractivity contribution in [2.75, 3.05) is 13.2 Å². The predicted octanol–water partition coefficient (Wildman–Crippen LogP) is 1.16. The molecule has 0 bridgehead atoms. The number of aliphatic hydroxyl groups excluding tert-OH is 1. The zero-order valence-electron chi connectivity index (χ0n) is 8.61. The van der Waals surface area contributed by atoms with E-state index in [1.807, 2.05) is 4.90 Å². The molecule has 0 radical (unpaired) electrons. The fraction of sp³-hybridized carbons (Fsp3) is 0.909. The average molecular weight is 197 g/mol. The van der Waals surface area contributed by atoms with E-state index in [1.165, 1.54) is 12.8 Å². The summed E-state index contributed by atoms with van der Waals surface area (Å²) < 4.78 is 0. The zero-order valence-corrected chi connectivity index (χ0v) is 8.61. The third kappa shape index (κ3) is 1.78. The number of hydrogen-bond donors (Lipinski definition) is 1. The molecular formula is C11H19NO2. The number of nitrogens with zero attached hydrogens (tertiary/aromatic N) is 1. The van der Waals surface area contributed by atoms with E-state index in [-0.39, 0.29) is 12.5 Å². The molecule has 0 saturated heterocycles. The minimum atomic E-state index is 0.106. The number of carbonyl (C=O) groups excluding carboxylic acids is 1. The SMILES string of the molecule is O=C(C1CCC1)N(CCO)C1CCC1. The first-order chi connectivity index (χ1) is 6.83. The van der Waals surface area contributed by atoms with Crippen molar-refractivity contribution in [3.05, 3.63) is 0 Å². The normalized spacial score (nSPS) is 22.6. The quantitative estimate of drug-likeness (QED) is 0.734. The Labute approximate surface area is 85.1 Å². The standard InChI is InChI=1S/C11H19NO2/c13-8-7-12(10-5-2-6-10)11(14)9-3-1-4-9/h9-10,13H,1-8H2. The van der Waals surface area contributed by atoms with Gasteiger partial charge >= 0.3 is 0 Å². The summed E-state index contributed by atoms with van der Waals surface area (Å²) in [6, 6.07) is 0.440. The van der Waals surface area contributed by atoms with Crippen LogP contribution in [0.1, 0.15) is 38.5 Å².